The molecule has 0 aromatic heterocycles. The summed E-state index contributed by atoms with van der Waals surface area (Å²) in [6.07, 6.45) is -0.0138. The second-order valence-electron chi connectivity index (χ2n) is 8.16. The van der Waals surface area contributed by atoms with Gasteiger partial charge in [-0.15, -0.1) is 0 Å². The smallest absolute Gasteiger partial charge is 0.261 e. The molecule has 3 rings (SSSR count). The van der Waals surface area contributed by atoms with Gasteiger partial charge < -0.3 is 19.5 Å². The average Bonchev–Trinajstić information content (AvgIpc) is 2.64. The van der Waals surface area contributed by atoms with Gasteiger partial charge >= 0.3 is 0 Å². The molecule has 0 saturated carbocycles. The Bertz CT molecular complexity index is 902. The summed E-state index contributed by atoms with van der Waals surface area (Å²) in [6, 6.07) is 9.14. The van der Waals surface area contributed by atoms with Crippen molar-refractivity contribution in [1.29, 1.82) is 0 Å². The second-order valence-corrected chi connectivity index (χ2v) is 8.54. The third-order valence-electron chi connectivity index (χ3n) is 5.08. The SMILES string of the molecule is COc1ccc2c(c1)[C@@H](NC(=O)[C@@H](C)Oc1cc(C)c(Cl)c(C)c1)CC(C)(C)O2. The highest BCUT2D eigenvalue weighted by molar-refractivity contribution is 6.32. The fourth-order valence-corrected chi connectivity index (χ4v) is 3.72. The van der Waals surface area contributed by atoms with E-state index in [2.05, 4.69) is 5.32 Å². The van der Waals surface area contributed by atoms with E-state index in [1.165, 1.54) is 0 Å². The summed E-state index contributed by atoms with van der Waals surface area (Å²) in [7, 11) is 1.62. The fraction of sp³-hybridized carbons (Fsp3) is 0.435. The number of rotatable bonds is 5. The van der Waals surface area contributed by atoms with Crippen LogP contribution in [0.5, 0.6) is 17.2 Å². The molecule has 156 valence electrons. The van der Waals surface area contributed by atoms with E-state index in [1.807, 2.05) is 58.0 Å². The average molecular weight is 418 g/mol. The third kappa shape index (κ3) is 4.78. The monoisotopic (exact) mass is 417 g/mol. The summed E-state index contributed by atoms with van der Waals surface area (Å²) in [5.41, 5.74) is 2.35. The molecule has 1 amide bonds. The van der Waals surface area contributed by atoms with E-state index in [9.17, 15) is 4.79 Å². The van der Waals surface area contributed by atoms with Crippen LogP contribution in [-0.4, -0.2) is 24.7 Å². The Hall–Kier alpha value is -2.40. The Kier molecular flexibility index (Phi) is 5.99. The van der Waals surface area contributed by atoms with Crippen LogP contribution in [0.3, 0.4) is 0 Å². The first kappa shape index (κ1) is 21.3. The molecule has 0 bridgehead atoms. The molecule has 0 aliphatic carbocycles. The molecule has 0 unspecified atom stereocenters. The Balaban J connectivity index is 1.77. The molecule has 2 atom stereocenters. The van der Waals surface area contributed by atoms with E-state index in [1.54, 1.807) is 14.0 Å². The molecule has 0 spiro atoms. The lowest BCUT2D eigenvalue weighted by molar-refractivity contribution is -0.128. The van der Waals surface area contributed by atoms with Gasteiger partial charge in [0.2, 0.25) is 0 Å². The molecule has 29 heavy (non-hydrogen) atoms. The van der Waals surface area contributed by atoms with Crippen molar-refractivity contribution in [1.82, 2.24) is 5.32 Å². The predicted octanol–water partition coefficient (Wildman–Crippen LogP) is 5.15. The van der Waals surface area contributed by atoms with Gasteiger partial charge in [0.25, 0.3) is 5.91 Å². The highest BCUT2D eigenvalue weighted by Gasteiger charge is 2.35. The number of aryl methyl sites for hydroxylation is 2. The van der Waals surface area contributed by atoms with Gasteiger partial charge in [-0.3, -0.25) is 4.79 Å². The van der Waals surface area contributed by atoms with Crippen LogP contribution >= 0.6 is 11.6 Å². The van der Waals surface area contributed by atoms with Crippen LogP contribution in [-0.2, 0) is 4.79 Å². The number of methoxy groups -OCH3 is 1. The maximum Gasteiger partial charge on any atom is 0.261 e. The van der Waals surface area contributed by atoms with Gasteiger partial charge in [0, 0.05) is 17.0 Å². The molecule has 6 heteroatoms. The Morgan fingerprint density at radius 1 is 1.21 bits per heavy atom. The summed E-state index contributed by atoms with van der Waals surface area (Å²) in [5, 5.41) is 3.83. The molecule has 5 nitrogen and oxygen atoms in total. The molecule has 1 aliphatic rings. The van der Waals surface area contributed by atoms with E-state index in [0.717, 1.165) is 28.2 Å². The standard InChI is InChI=1S/C23H28ClNO4/c1-13-9-17(10-14(2)21(13)24)28-15(3)22(26)25-19-12-23(4,5)29-20-8-7-16(27-6)11-18(19)20/h7-11,15,19H,12H2,1-6H3,(H,25,26)/t15-,19+/m1/s1. The summed E-state index contributed by atoms with van der Waals surface area (Å²) < 4.78 is 17.3. The molecule has 0 saturated heterocycles. The van der Waals surface area contributed by atoms with Crippen molar-refractivity contribution in [2.75, 3.05) is 7.11 Å². The quantitative estimate of drug-likeness (QED) is 0.730. The van der Waals surface area contributed by atoms with Gasteiger partial charge in [-0.05, 0) is 76.1 Å². The van der Waals surface area contributed by atoms with Crippen LogP contribution in [0.2, 0.25) is 5.02 Å². The van der Waals surface area contributed by atoms with Gasteiger partial charge in [0.05, 0.1) is 13.2 Å². The number of ether oxygens (including phenoxy) is 3. The van der Waals surface area contributed by atoms with Crippen LogP contribution < -0.4 is 19.5 Å². The Morgan fingerprint density at radius 3 is 2.48 bits per heavy atom. The highest BCUT2D eigenvalue weighted by atomic mass is 35.5. The number of carbonyl (C=O) groups excluding carboxylic acids is 1. The van der Waals surface area contributed by atoms with Gasteiger partial charge in [0.1, 0.15) is 22.8 Å². The van der Waals surface area contributed by atoms with Gasteiger partial charge in [-0.1, -0.05) is 11.6 Å². The first-order chi connectivity index (χ1) is 13.6. The van der Waals surface area contributed by atoms with Crippen LogP contribution in [0, 0.1) is 13.8 Å². The van der Waals surface area contributed by atoms with Crippen molar-refractivity contribution in [2.24, 2.45) is 0 Å². The summed E-state index contributed by atoms with van der Waals surface area (Å²) in [6.45, 7) is 9.60. The molecule has 2 aromatic rings. The number of hydrogen-bond acceptors (Lipinski definition) is 4. The largest absolute Gasteiger partial charge is 0.497 e. The number of nitrogens with one attached hydrogen (secondary N) is 1. The van der Waals surface area contributed by atoms with Crippen LogP contribution in [0.1, 0.15) is 49.9 Å². The van der Waals surface area contributed by atoms with Gasteiger partial charge in [0.15, 0.2) is 6.10 Å². The molecule has 0 radical (unpaired) electrons. The van der Waals surface area contributed by atoms with Crippen LogP contribution in [0.15, 0.2) is 30.3 Å². The van der Waals surface area contributed by atoms with Crippen molar-refractivity contribution >= 4 is 17.5 Å². The number of fused-ring (bicyclic) bond motifs is 1. The minimum atomic E-state index is -0.657. The molecule has 1 heterocycles. The van der Waals surface area contributed by atoms with Crippen molar-refractivity contribution < 1.29 is 19.0 Å². The van der Waals surface area contributed by atoms with Crippen molar-refractivity contribution in [3.63, 3.8) is 0 Å². The van der Waals surface area contributed by atoms with Gasteiger partial charge in [-0.25, -0.2) is 0 Å². The number of carbonyl (C=O) groups is 1. The number of amides is 1. The van der Waals surface area contributed by atoms with E-state index in [-0.39, 0.29) is 11.9 Å². The first-order valence-electron chi connectivity index (χ1n) is 9.70. The lowest BCUT2D eigenvalue weighted by atomic mass is 9.89. The molecular weight excluding hydrogens is 390 g/mol. The normalized spacial score (nSPS) is 18.2. The zero-order valence-electron chi connectivity index (χ0n) is 17.8. The summed E-state index contributed by atoms with van der Waals surface area (Å²) in [5.74, 6) is 1.92. The molecule has 1 aliphatic heterocycles. The second kappa shape index (κ2) is 8.15. The molecule has 2 aromatic carbocycles. The Morgan fingerprint density at radius 2 is 1.86 bits per heavy atom. The van der Waals surface area contributed by atoms with E-state index in [0.29, 0.717) is 17.2 Å². The molecule has 1 N–H and O–H groups in total. The van der Waals surface area contributed by atoms with E-state index in [4.69, 9.17) is 25.8 Å². The first-order valence-corrected chi connectivity index (χ1v) is 10.1. The predicted molar refractivity (Wildman–Crippen MR) is 114 cm³/mol. The maximum atomic E-state index is 12.9. The number of halogens is 1. The van der Waals surface area contributed by atoms with Crippen molar-refractivity contribution in [3.8, 4) is 17.2 Å². The molecular formula is C23H28ClNO4. The topological polar surface area (TPSA) is 56.8 Å². The lowest BCUT2D eigenvalue weighted by Gasteiger charge is -2.38. The van der Waals surface area contributed by atoms with Gasteiger partial charge in [-0.2, -0.15) is 0 Å². The zero-order chi connectivity index (χ0) is 21.3. The zero-order valence-corrected chi connectivity index (χ0v) is 18.5. The Labute approximate surface area is 177 Å². The van der Waals surface area contributed by atoms with Crippen LogP contribution in [0.25, 0.3) is 0 Å². The van der Waals surface area contributed by atoms with Crippen LogP contribution in [0.4, 0.5) is 0 Å². The minimum Gasteiger partial charge on any atom is -0.497 e. The highest BCUT2D eigenvalue weighted by Crippen LogP contribution is 2.41. The van der Waals surface area contributed by atoms with E-state index < -0.39 is 11.7 Å². The fourth-order valence-electron chi connectivity index (χ4n) is 3.61. The van der Waals surface area contributed by atoms with Crippen molar-refractivity contribution in [2.45, 2.75) is 58.8 Å². The van der Waals surface area contributed by atoms with E-state index >= 15 is 0 Å². The lowest BCUT2D eigenvalue weighted by Crippen LogP contribution is -2.44. The summed E-state index contributed by atoms with van der Waals surface area (Å²) >= 11 is 6.22. The minimum absolute atomic E-state index is 0.188. The summed E-state index contributed by atoms with van der Waals surface area (Å²) in [4.78, 5) is 12.9. The third-order valence-corrected chi connectivity index (χ3v) is 5.68. The number of hydrogen-bond donors (Lipinski definition) is 1. The maximum absolute atomic E-state index is 12.9. The molecule has 0 fully saturated rings. The van der Waals surface area contributed by atoms with Crippen molar-refractivity contribution in [3.05, 3.63) is 52.0 Å². The number of benzene rings is 2.